The number of halogens is 3. The summed E-state index contributed by atoms with van der Waals surface area (Å²) in [6.45, 7) is 0.511. The summed E-state index contributed by atoms with van der Waals surface area (Å²) in [7, 11) is 0. The third-order valence-electron chi connectivity index (χ3n) is 4.57. The Bertz CT molecular complexity index is 896. The van der Waals surface area contributed by atoms with Crippen LogP contribution in [-0.4, -0.2) is 16.8 Å². The van der Waals surface area contributed by atoms with Crippen molar-refractivity contribution in [1.29, 1.82) is 0 Å². The van der Waals surface area contributed by atoms with Crippen molar-refractivity contribution in [3.63, 3.8) is 0 Å². The Labute approximate surface area is 174 Å². The monoisotopic (exact) mass is 493 g/mol. The Balaban J connectivity index is 1.99. The van der Waals surface area contributed by atoms with E-state index in [1.807, 2.05) is 36.5 Å². The molecule has 3 nitrogen and oxygen atoms in total. The molecule has 2 aromatic carbocycles. The molecule has 6 heteroatoms. The number of alkyl halides is 1. The lowest BCUT2D eigenvalue weighted by molar-refractivity contribution is -0.145. The highest BCUT2D eigenvalue weighted by molar-refractivity contribution is 9.10. The normalized spacial score (nSPS) is 13.1. The third kappa shape index (κ3) is 4.33. The highest BCUT2D eigenvalue weighted by atomic mass is 79.9. The summed E-state index contributed by atoms with van der Waals surface area (Å²) in [5, 5.41) is 0.683. The molecule has 3 rings (SSSR count). The van der Waals surface area contributed by atoms with Gasteiger partial charge >= 0.3 is 0 Å². The van der Waals surface area contributed by atoms with Gasteiger partial charge in [0.05, 0.1) is 5.69 Å². The summed E-state index contributed by atoms with van der Waals surface area (Å²) in [6, 6.07) is 16.0. The van der Waals surface area contributed by atoms with Gasteiger partial charge in [-0.1, -0.05) is 46.3 Å². The van der Waals surface area contributed by atoms with Gasteiger partial charge in [0.25, 0.3) is 6.47 Å². The molecule has 0 bridgehead atoms. The molecular weight excluding hydrogens is 477 g/mol. The van der Waals surface area contributed by atoms with Gasteiger partial charge in [0.15, 0.2) is 0 Å². The van der Waals surface area contributed by atoms with E-state index < -0.39 is 5.60 Å². The highest BCUT2D eigenvalue weighted by Gasteiger charge is 2.35. The third-order valence-corrected chi connectivity index (χ3v) is 5.88. The number of nitrogens with one attached hydrogen (secondary N) is 1. The molecule has 0 aliphatic carbocycles. The van der Waals surface area contributed by atoms with Gasteiger partial charge < -0.3 is 9.72 Å². The quantitative estimate of drug-likeness (QED) is 0.309. The maximum absolute atomic E-state index is 13.2. The molecule has 140 valence electrons. The Morgan fingerprint density at radius 1 is 1.11 bits per heavy atom. The summed E-state index contributed by atoms with van der Waals surface area (Å²) >= 11 is 7.14. The van der Waals surface area contributed by atoms with Crippen LogP contribution in [0.15, 0.2) is 65.3 Å². The van der Waals surface area contributed by atoms with Crippen molar-refractivity contribution >= 4 is 38.3 Å². The number of aromatic nitrogens is 1. The number of aromatic amines is 1. The van der Waals surface area contributed by atoms with Crippen LogP contribution in [0, 0.1) is 5.82 Å². The van der Waals surface area contributed by atoms with E-state index in [0.717, 1.165) is 26.9 Å². The SMILES string of the molecule is O=COC(CCBr)(Cc1c[nH]c(-c2ccc(F)cc2)c1Br)c1ccccc1. The van der Waals surface area contributed by atoms with E-state index in [9.17, 15) is 9.18 Å². The minimum atomic E-state index is -0.780. The zero-order valence-electron chi connectivity index (χ0n) is 14.4. The Hall–Kier alpha value is -1.92. The van der Waals surface area contributed by atoms with E-state index in [2.05, 4.69) is 36.8 Å². The molecule has 0 spiro atoms. The Kier molecular flexibility index (Phi) is 6.50. The lowest BCUT2D eigenvalue weighted by Gasteiger charge is -2.32. The number of benzene rings is 2. The van der Waals surface area contributed by atoms with Gasteiger partial charge in [0.1, 0.15) is 11.4 Å². The van der Waals surface area contributed by atoms with E-state index in [-0.39, 0.29) is 5.82 Å². The van der Waals surface area contributed by atoms with Crippen LogP contribution in [0.25, 0.3) is 11.3 Å². The molecule has 1 heterocycles. The van der Waals surface area contributed by atoms with Crippen LogP contribution in [0.2, 0.25) is 0 Å². The number of rotatable bonds is 8. The lowest BCUT2D eigenvalue weighted by Crippen LogP contribution is -2.32. The van der Waals surface area contributed by atoms with Crippen LogP contribution in [0.5, 0.6) is 0 Å². The van der Waals surface area contributed by atoms with Gasteiger partial charge in [-0.2, -0.15) is 0 Å². The first-order valence-electron chi connectivity index (χ1n) is 8.44. The smallest absolute Gasteiger partial charge is 0.293 e. The summed E-state index contributed by atoms with van der Waals surface area (Å²) in [6.07, 6.45) is 3.02. The molecule has 0 aliphatic rings. The number of ether oxygens (including phenoxy) is 1. The molecule has 0 fully saturated rings. The fourth-order valence-corrected chi connectivity index (χ4v) is 4.44. The average molecular weight is 495 g/mol. The summed E-state index contributed by atoms with van der Waals surface area (Å²) < 4.78 is 19.7. The number of carbonyl (C=O) groups is 1. The molecule has 27 heavy (non-hydrogen) atoms. The van der Waals surface area contributed by atoms with Gasteiger partial charge in [-0.15, -0.1) is 0 Å². The zero-order chi connectivity index (χ0) is 19.3. The Morgan fingerprint density at radius 2 is 1.81 bits per heavy atom. The predicted molar refractivity (Wildman–Crippen MR) is 111 cm³/mol. The first-order chi connectivity index (χ1) is 13.1. The van der Waals surface area contributed by atoms with Crippen LogP contribution in [0.3, 0.4) is 0 Å². The van der Waals surface area contributed by atoms with Crippen LogP contribution in [0.1, 0.15) is 17.5 Å². The van der Waals surface area contributed by atoms with Gasteiger partial charge in [-0.05, 0) is 56.9 Å². The second-order valence-corrected chi connectivity index (χ2v) is 7.79. The molecule has 1 N–H and O–H groups in total. The molecule has 1 unspecified atom stereocenters. The molecule has 0 saturated heterocycles. The van der Waals surface area contributed by atoms with Crippen LogP contribution in [0.4, 0.5) is 4.39 Å². The van der Waals surface area contributed by atoms with Gasteiger partial charge in [-0.25, -0.2) is 4.39 Å². The van der Waals surface area contributed by atoms with Crippen molar-refractivity contribution in [2.45, 2.75) is 18.4 Å². The summed E-state index contributed by atoms with van der Waals surface area (Å²) in [5.74, 6) is -0.276. The first-order valence-corrected chi connectivity index (χ1v) is 10.4. The van der Waals surface area contributed by atoms with E-state index in [1.54, 1.807) is 12.1 Å². The second kappa shape index (κ2) is 8.85. The van der Waals surface area contributed by atoms with Crippen molar-refractivity contribution in [3.05, 3.63) is 82.2 Å². The molecule has 0 amide bonds. The van der Waals surface area contributed by atoms with Gasteiger partial charge in [-0.3, -0.25) is 4.79 Å². The van der Waals surface area contributed by atoms with Gasteiger partial charge in [0, 0.05) is 28.8 Å². The lowest BCUT2D eigenvalue weighted by atomic mass is 9.85. The fraction of sp³-hybridized carbons (Fsp3) is 0.190. The highest BCUT2D eigenvalue weighted by Crippen LogP contribution is 2.38. The minimum absolute atomic E-state index is 0.276. The largest absolute Gasteiger partial charge is 0.456 e. The average Bonchev–Trinajstić information content (AvgIpc) is 3.04. The van der Waals surface area contributed by atoms with Gasteiger partial charge in [0.2, 0.25) is 0 Å². The van der Waals surface area contributed by atoms with Crippen molar-refractivity contribution in [3.8, 4) is 11.3 Å². The Morgan fingerprint density at radius 3 is 2.44 bits per heavy atom. The molecule has 0 radical (unpaired) electrons. The van der Waals surface area contributed by atoms with Crippen LogP contribution in [-0.2, 0) is 21.6 Å². The summed E-state index contributed by atoms with van der Waals surface area (Å²) in [5.41, 5.74) is 2.86. The molecule has 1 aromatic heterocycles. The number of hydrogen-bond donors (Lipinski definition) is 1. The van der Waals surface area contributed by atoms with Crippen molar-refractivity contribution in [1.82, 2.24) is 4.98 Å². The zero-order valence-corrected chi connectivity index (χ0v) is 17.6. The minimum Gasteiger partial charge on any atom is -0.456 e. The number of H-pyrrole nitrogens is 1. The van der Waals surface area contributed by atoms with Crippen LogP contribution >= 0.6 is 31.9 Å². The molecule has 0 saturated carbocycles. The fourth-order valence-electron chi connectivity index (χ4n) is 3.20. The summed E-state index contributed by atoms with van der Waals surface area (Å²) in [4.78, 5) is 14.6. The first kappa shape index (κ1) is 19.8. The molecule has 3 aromatic rings. The second-order valence-electron chi connectivity index (χ2n) is 6.20. The maximum atomic E-state index is 13.2. The molecule has 1 atom stereocenters. The molecule has 0 aliphatic heterocycles. The van der Waals surface area contributed by atoms with E-state index >= 15 is 0 Å². The van der Waals surface area contributed by atoms with Crippen molar-refractivity contribution < 1.29 is 13.9 Å². The standard InChI is InChI=1S/C21H18Br2FNO2/c22-11-10-21(27-14-26,17-4-2-1-3-5-17)12-16-13-25-20(19(16)23)15-6-8-18(24)9-7-15/h1-9,13-14,25H,10-12H2. The topological polar surface area (TPSA) is 42.1 Å². The van der Waals surface area contributed by atoms with E-state index in [0.29, 0.717) is 24.6 Å². The predicted octanol–water partition coefficient (Wildman–Crippen LogP) is 5.98. The van der Waals surface area contributed by atoms with Crippen molar-refractivity contribution in [2.24, 2.45) is 0 Å². The van der Waals surface area contributed by atoms with E-state index in [4.69, 9.17) is 4.74 Å². The maximum Gasteiger partial charge on any atom is 0.293 e. The van der Waals surface area contributed by atoms with E-state index in [1.165, 1.54) is 12.1 Å². The van der Waals surface area contributed by atoms with Crippen molar-refractivity contribution in [2.75, 3.05) is 5.33 Å². The number of carbonyl (C=O) groups excluding carboxylic acids is 1. The number of hydrogen-bond acceptors (Lipinski definition) is 2. The van der Waals surface area contributed by atoms with Crippen LogP contribution < -0.4 is 0 Å². The molecular formula is C21H18Br2FNO2.